The van der Waals surface area contributed by atoms with Crippen LogP contribution in [0, 0.1) is 11.8 Å². The van der Waals surface area contributed by atoms with Gasteiger partial charge in [-0.25, -0.2) is 0 Å². The Bertz CT molecular complexity index is 324. The van der Waals surface area contributed by atoms with Crippen molar-refractivity contribution in [3.63, 3.8) is 0 Å². The Hall–Kier alpha value is -0.830. The molecule has 2 heterocycles. The molecule has 2 unspecified atom stereocenters. The van der Waals surface area contributed by atoms with Gasteiger partial charge in [-0.1, -0.05) is 13.8 Å². The number of nitrogens with zero attached hydrogens (tertiary/aromatic N) is 1. The normalized spacial score (nSPS) is 26.9. The fraction of sp³-hybridized carbons (Fsp3) is 0.545. The van der Waals surface area contributed by atoms with E-state index in [2.05, 4.69) is 24.8 Å². The molecule has 0 N–H and O–H groups in total. The van der Waals surface area contributed by atoms with Gasteiger partial charge < -0.3 is 4.90 Å². The average Bonchev–Trinajstić information content (AvgIpc) is 2.74. The summed E-state index contributed by atoms with van der Waals surface area (Å²) in [6.07, 6.45) is 0.928. The lowest BCUT2D eigenvalue weighted by atomic mass is 10.0. The highest BCUT2D eigenvalue weighted by Gasteiger charge is 2.26. The van der Waals surface area contributed by atoms with Gasteiger partial charge >= 0.3 is 0 Å². The van der Waals surface area contributed by atoms with Crippen LogP contribution >= 0.6 is 11.3 Å². The molecule has 0 aromatic carbocycles. The minimum atomic E-state index is 0.761. The highest BCUT2D eigenvalue weighted by Crippen LogP contribution is 2.32. The Morgan fingerprint density at radius 2 is 2.00 bits per heavy atom. The van der Waals surface area contributed by atoms with Crippen LogP contribution in [0.25, 0.3) is 0 Å². The summed E-state index contributed by atoms with van der Waals surface area (Å²) in [6, 6.07) is 3.96. The quantitative estimate of drug-likeness (QED) is 0.698. The number of hydrogen-bond acceptors (Lipinski definition) is 3. The maximum atomic E-state index is 10.6. The molecule has 1 aromatic rings. The molecule has 0 bridgehead atoms. The third-order valence-electron chi connectivity index (χ3n) is 3.03. The lowest BCUT2D eigenvalue weighted by Crippen LogP contribution is -2.17. The molecule has 1 aliphatic rings. The topological polar surface area (TPSA) is 20.3 Å². The predicted octanol–water partition coefficient (Wildman–Crippen LogP) is 2.65. The van der Waals surface area contributed by atoms with Crippen molar-refractivity contribution in [1.29, 1.82) is 0 Å². The van der Waals surface area contributed by atoms with E-state index < -0.39 is 0 Å². The minimum absolute atomic E-state index is 0.761. The highest BCUT2D eigenvalue weighted by molar-refractivity contribution is 7.17. The summed E-state index contributed by atoms with van der Waals surface area (Å²) in [4.78, 5) is 13.8. The number of hydrogen-bond donors (Lipinski definition) is 0. The van der Waals surface area contributed by atoms with Crippen LogP contribution in [-0.4, -0.2) is 19.4 Å². The SMILES string of the molecule is CC1CN(c2ccc(C=O)s2)CC1C. The number of anilines is 1. The Labute approximate surface area is 88.5 Å². The first-order chi connectivity index (χ1) is 6.70. The Kier molecular flexibility index (Phi) is 2.59. The zero-order chi connectivity index (χ0) is 10.1. The van der Waals surface area contributed by atoms with Crippen molar-refractivity contribution in [3.8, 4) is 0 Å². The van der Waals surface area contributed by atoms with Gasteiger partial charge in [-0.15, -0.1) is 11.3 Å². The van der Waals surface area contributed by atoms with Crippen molar-refractivity contribution in [2.24, 2.45) is 11.8 Å². The van der Waals surface area contributed by atoms with Gasteiger partial charge in [0.15, 0.2) is 6.29 Å². The zero-order valence-electron chi connectivity index (χ0n) is 8.56. The maximum Gasteiger partial charge on any atom is 0.160 e. The molecule has 0 aliphatic carbocycles. The van der Waals surface area contributed by atoms with E-state index in [-0.39, 0.29) is 0 Å². The van der Waals surface area contributed by atoms with Gasteiger partial charge in [-0.3, -0.25) is 4.79 Å². The third kappa shape index (κ3) is 1.69. The molecule has 0 saturated carbocycles. The second-order valence-electron chi connectivity index (χ2n) is 4.15. The molecule has 2 nitrogen and oxygen atoms in total. The van der Waals surface area contributed by atoms with Crippen molar-refractivity contribution in [3.05, 3.63) is 17.0 Å². The average molecular weight is 209 g/mol. The summed E-state index contributed by atoms with van der Waals surface area (Å²) in [5.41, 5.74) is 0. The van der Waals surface area contributed by atoms with Gasteiger partial charge in [0, 0.05) is 13.1 Å². The van der Waals surface area contributed by atoms with E-state index in [9.17, 15) is 4.79 Å². The fourth-order valence-electron chi connectivity index (χ4n) is 1.89. The molecule has 2 rings (SSSR count). The first-order valence-electron chi connectivity index (χ1n) is 5.00. The lowest BCUT2D eigenvalue weighted by molar-refractivity contribution is 0.112. The van der Waals surface area contributed by atoms with Crippen LogP contribution in [0.5, 0.6) is 0 Å². The van der Waals surface area contributed by atoms with Crippen LogP contribution in [0.3, 0.4) is 0 Å². The van der Waals surface area contributed by atoms with Gasteiger partial charge in [0.05, 0.1) is 9.88 Å². The summed E-state index contributed by atoms with van der Waals surface area (Å²) < 4.78 is 0. The van der Waals surface area contributed by atoms with Crippen molar-refractivity contribution in [1.82, 2.24) is 0 Å². The number of carbonyl (C=O) groups is 1. The zero-order valence-corrected chi connectivity index (χ0v) is 9.38. The standard InChI is InChI=1S/C11H15NOS/c1-8-5-12(6-9(8)2)11-4-3-10(7-13)14-11/h3-4,7-9H,5-6H2,1-2H3. The second kappa shape index (κ2) is 3.73. The number of rotatable bonds is 2. The van der Waals surface area contributed by atoms with Crippen LogP contribution in [0.2, 0.25) is 0 Å². The van der Waals surface area contributed by atoms with Crippen molar-refractivity contribution < 1.29 is 4.79 Å². The molecule has 0 amide bonds. The van der Waals surface area contributed by atoms with Crippen LogP contribution < -0.4 is 4.90 Å². The minimum Gasteiger partial charge on any atom is -0.363 e. The van der Waals surface area contributed by atoms with Gasteiger partial charge in [0.25, 0.3) is 0 Å². The Balaban J connectivity index is 2.12. The van der Waals surface area contributed by atoms with E-state index in [1.165, 1.54) is 5.00 Å². The molecule has 1 saturated heterocycles. The van der Waals surface area contributed by atoms with E-state index >= 15 is 0 Å². The summed E-state index contributed by atoms with van der Waals surface area (Å²) >= 11 is 1.59. The molecule has 1 fully saturated rings. The molecule has 2 atom stereocenters. The molecule has 76 valence electrons. The van der Waals surface area contributed by atoms with Crippen molar-refractivity contribution in [2.75, 3.05) is 18.0 Å². The largest absolute Gasteiger partial charge is 0.363 e. The van der Waals surface area contributed by atoms with E-state index in [0.717, 1.165) is 36.1 Å². The van der Waals surface area contributed by atoms with Crippen molar-refractivity contribution in [2.45, 2.75) is 13.8 Å². The Morgan fingerprint density at radius 1 is 1.36 bits per heavy atom. The molecule has 1 aromatic heterocycles. The first-order valence-corrected chi connectivity index (χ1v) is 5.82. The smallest absolute Gasteiger partial charge is 0.160 e. The summed E-state index contributed by atoms with van der Waals surface area (Å²) in [5, 5.41) is 1.24. The molecule has 3 heteroatoms. The van der Waals surface area contributed by atoms with Gasteiger partial charge in [0.2, 0.25) is 0 Å². The van der Waals surface area contributed by atoms with Gasteiger partial charge in [0.1, 0.15) is 0 Å². The molecule has 0 spiro atoms. The maximum absolute atomic E-state index is 10.6. The van der Waals surface area contributed by atoms with Gasteiger partial charge in [-0.2, -0.15) is 0 Å². The highest BCUT2D eigenvalue weighted by atomic mass is 32.1. The molecule has 1 aliphatic heterocycles. The number of thiophene rings is 1. The summed E-state index contributed by atoms with van der Waals surface area (Å²) in [7, 11) is 0. The molecule has 0 radical (unpaired) electrons. The van der Waals surface area contributed by atoms with Crippen LogP contribution in [0.15, 0.2) is 12.1 Å². The monoisotopic (exact) mass is 209 g/mol. The van der Waals surface area contributed by atoms with Gasteiger partial charge in [-0.05, 0) is 24.0 Å². The third-order valence-corrected chi connectivity index (χ3v) is 4.10. The molecule has 14 heavy (non-hydrogen) atoms. The van der Waals surface area contributed by atoms with E-state index in [1.807, 2.05) is 6.07 Å². The number of carbonyl (C=O) groups excluding carboxylic acids is 1. The van der Waals surface area contributed by atoms with Crippen LogP contribution in [0.1, 0.15) is 23.5 Å². The van der Waals surface area contributed by atoms with E-state index in [1.54, 1.807) is 11.3 Å². The van der Waals surface area contributed by atoms with E-state index in [0.29, 0.717) is 0 Å². The summed E-state index contributed by atoms with van der Waals surface area (Å²) in [6.45, 7) is 6.83. The molecular formula is C11H15NOS. The number of aldehydes is 1. The first kappa shape index (κ1) is 9.71. The second-order valence-corrected chi connectivity index (χ2v) is 5.25. The van der Waals surface area contributed by atoms with E-state index in [4.69, 9.17) is 0 Å². The lowest BCUT2D eigenvalue weighted by Gasteiger charge is -2.14. The fourth-order valence-corrected chi connectivity index (χ4v) is 2.73. The Morgan fingerprint density at radius 3 is 2.50 bits per heavy atom. The van der Waals surface area contributed by atoms with Crippen LogP contribution in [0.4, 0.5) is 5.00 Å². The van der Waals surface area contributed by atoms with Crippen LogP contribution in [-0.2, 0) is 0 Å². The summed E-state index contributed by atoms with van der Waals surface area (Å²) in [5.74, 6) is 1.52. The predicted molar refractivity (Wildman–Crippen MR) is 60.2 cm³/mol. The van der Waals surface area contributed by atoms with Crippen molar-refractivity contribution >= 4 is 22.6 Å². The molecular weight excluding hydrogens is 194 g/mol.